The van der Waals surface area contributed by atoms with E-state index in [0.29, 0.717) is 5.56 Å². The number of carbonyl (C=O) groups excluding carboxylic acids is 2. The van der Waals surface area contributed by atoms with Gasteiger partial charge in [0, 0.05) is 43.0 Å². The maximum atomic E-state index is 12.2. The Bertz CT molecular complexity index is 785. The molecule has 0 spiro atoms. The van der Waals surface area contributed by atoms with Crippen molar-refractivity contribution in [2.24, 2.45) is 0 Å². The van der Waals surface area contributed by atoms with Crippen molar-refractivity contribution in [2.45, 2.75) is 33.1 Å². The molecule has 5 nitrogen and oxygen atoms in total. The number of rotatable bonds is 3. The zero-order valence-electron chi connectivity index (χ0n) is 18.6. The van der Waals surface area contributed by atoms with E-state index in [2.05, 4.69) is 15.5 Å². The van der Waals surface area contributed by atoms with Gasteiger partial charge in [0.2, 0.25) is 0 Å². The molecule has 6 heteroatoms. The Balaban J connectivity index is 0.000000183. The number of hydrogen-bond acceptors (Lipinski definition) is 5. The minimum atomic E-state index is -0.315. The van der Waals surface area contributed by atoms with Crippen LogP contribution in [-0.2, 0) is 0 Å². The van der Waals surface area contributed by atoms with E-state index in [1.807, 2.05) is 24.3 Å². The number of hydrogen-bond donors (Lipinski definition) is 2. The monoisotopic (exact) mass is 427 g/mol. The van der Waals surface area contributed by atoms with E-state index >= 15 is 0 Å². The van der Waals surface area contributed by atoms with E-state index < -0.39 is 0 Å². The molecular formula is C25H34FN3O2. The molecule has 2 aromatic carbocycles. The number of ketones is 2. The summed E-state index contributed by atoms with van der Waals surface area (Å²) in [6.07, 6.45) is 4.22. The second-order valence-electron chi connectivity index (χ2n) is 7.71. The molecule has 0 bridgehead atoms. The molecule has 168 valence electrons. The summed E-state index contributed by atoms with van der Waals surface area (Å²) in [5.41, 5.74) is 2.54. The Hall–Kier alpha value is -2.57. The van der Waals surface area contributed by atoms with Crippen molar-refractivity contribution in [1.29, 1.82) is 0 Å². The third-order valence-electron chi connectivity index (χ3n) is 5.21. The fourth-order valence-corrected chi connectivity index (χ4v) is 3.32. The first-order valence-electron chi connectivity index (χ1n) is 11.0. The maximum absolute atomic E-state index is 12.2. The highest BCUT2D eigenvalue weighted by Gasteiger charge is 2.10. The normalized spacial score (nSPS) is 15.6. The Morgan fingerprint density at radius 2 is 1.16 bits per heavy atom. The van der Waals surface area contributed by atoms with Gasteiger partial charge in [0.05, 0.1) is 0 Å². The van der Waals surface area contributed by atoms with Gasteiger partial charge < -0.3 is 15.5 Å². The predicted octanol–water partition coefficient (Wildman–Crippen LogP) is 4.09. The first kappa shape index (κ1) is 24.7. The van der Waals surface area contributed by atoms with Gasteiger partial charge in [-0.1, -0.05) is 6.42 Å². The van der Waals surface area contributed by atoms with Crippen LogP contribution in [0.25, 0.3) is 0 Å². The predicted molar refractivity (Wildman–Crippen MR) is 125 cm³/mol. The van der Waals surface area contributed by atoms with Gasteiger partial charge in [-0.25, -0.2) is 4.39 Å². The highest BCUT2D eigenvalue weighted by molar-refractivity contribution is 5.94. The SMILES string of the molecule is C1CCNCC1.CC(=O)c1ccc(F)cc1.CC(=O)c1ccc(N2CCNCC2)cc1. The van der Waals surface area contributed by atoms with Gasteiger partial charge in [-0.05, 0) is 88.3 Å². The molecular weight excluding hydrogens is 393 g/mol. The van der Waals surface area contributed by atoms with Crippen LogP contribution in [0.15, 0.2) is 48.5 Å². The van der Waals surface area contributed by atoms with Gasteiger partial charge in [0.15, 0.2) is 11.6 Å². The Labute approximate surface area is 185 Å². The number of piperazine rings is 1. The lowest BCUT2D eigenvalue weighted by molar-refractivity contribution is 0.100. The van der Waals surface area contributed by atoms with Crippen molar-refractivity contribution in [3.05, 3.63) is 65.5 Å². The second-order valence-corrected chi connectivity index (χ2v) is 7.71. The van der Waals surface area contributed by atoms with Crippen LogP contribution in [0.4, 0.5) is 10.1 Å². The minimum Gasteiger partial charge on any atom is -0.369 e. The number of carbonyl (C=O) groups is 2. The summed E-state index contributed by atoms with van der Waals surface area (Å²) in [6.45, 7) is 9.70. The number of benzene rings is 2. The van der Waals surface area contributed by atoms with Crippen LogP contribution >= 0.6 is 0 Å². The average molecular weight is 428 g/mol. The molecule has 0 unspecified atom stereocenters. The van der Waals surface area contributed by atoms with Gasteiger partial charge in [-0.2, -0.15) is 0 Å². The zero-order valence-corrected chi connectivity index (χ0v) is 18.6. The van der Waals surface area contributed by atoms with Crippen molar-refractivity contribution in [3.8, 4) is 0 Å². The lowest BCUT2D eigenvalue weighted by Crippen LogP contribution is -2.43. The van der Waals surface area contributed by atoms with Crippen LogP contribution in [-0.4, -0.2) is 50.8 Å². The van der Waals surface area contributed by atoms with Gasteiger partial charge in [-0.3, -0.25) is 9.59 Å². The first-order valence-corrected chi connectivity index (χ1v) is 11.0. The van der Waals surface area contributed by atoms with E-state index in [-0.39, 0.29) is 17.4 Å². The molecule has 0 radical (unpaired) electrons. The molecule has 2 aliphatic heterocycles. The summed E-state index contributed by atoms with van der Waals surface area (Å²) in [5.74, 6) is -0.230. The molecule has 4 rings (SSSR count). The van der Waals surface area contributed by atoms with Crippen LogP contribution in [0.5, 0.6) is 0 Å². The topological polar surface area (TPSA) is 61.4 Å². The molecule has 2 heterocycles. The highest BCUT2D eigenvalue weighted by Crippen LogP contribution is 2.15. The van der Waals surface area contributed by atoms with E-state index in [9.17, 15) is 14.0 Å². The number of halogens is 1. The highest BCUT2D eigenvalue weighted by atomic mass is 19.1. The molecule has 2 aromatic rings. The molecule has 0 aliphatic carbocycles. The van der Waals surface area contributed by atoms with E-state index in [0.717, 1.165) is 31.7 Å². The number of nitrogens with zero attached hydrogens (tertiary/aromatic N) is 1. The zero-order chi connectivity index (χ0) is 22.5. The molecule has 0 aromatic heterocycles. The summed E-state index contributed by atoms with van der Waals surface area (Å²) < 4.78 is 12.2. The Kier molecular flexibility index (Phi) is 10.9. The van der Waals surface area contributed by atoms with E-state index in [1.165, 1.54) is 69.2 Å². The lowest BCUT2D eigenvalue weighted by Gasteiger charge is -2.29. The summed E-state index contributed by atoms with van der Waals surface area (Å²) in [5, 5.41) is 6.60. The minimum absolute atomic E-state index is 0.0417. The Morgan fingerprint density at radius 3 is 1.55 bits per heavy atom. The molecule has 2 N–H and O–H groups in total. The summed E-state index contributed by atoms with van der Waals surface area (Å²) >= 11 is 0. The fourth-order valence-electron chi connectivity index (χ4n) is 3.32. The molecule has 0 atom stereocenters. The molecule has 2 aliphatic rings. The number of Topliss-reactive ketones (excluding diaryl/α,β-unsaturated/α-hetero) is 2. The molecule has 2 fully saturated rings. The number of nitrogens with one attached hydrogen (secondary N) is 2. The van der Waals surface area contributed by atoms with Crippen molar-refractivity contribution in [1.82, 2.24) is 10.6 Å². The van der Waals surface area contributed by atoms with Gasteiger partial charge >= 0.3 is 0 Å². The van der Waals surface area contributed by atoms with Gasteiger partial charge in [-0.15, -0.1) is 0 Å². The molecule has 0 saturated carbocycles. The van der Waals surface area contributed by atoms with Crippen LogP contribution < -0.4 is 15.5 Å². The van der Waals surface area contributed by atoms with Gasteiger partial charge in [0.1, 0.15) is 5.82 Å². The van der Waals surface area contributed by atoms with Crippen LogP contribution in [0, 0.1) is 5.82 Å². The van der Waals surface area contributed by atoms with Crippen molar-refractivity contribution < 1.29 is 14.0 Å². The average Bonchev–Trinajstić information content (AvgIpc) is 2.82. The van der Waals surface area contributed by atoms with Crippen molar-refractivity contribution >= 4 is 17.3 Å². The third-order valence-corrected chi connectivity index (χ3v) is 5.21. The lowest BCUT2D eigenvalue weighted by atomic mass is 10.1. The quantitative estimate of drug-likeness (QED) is 0.723. The molecule has 31 heavy (non-hydrogen) atoms. The maximum Gasteiger partial charge on any atom is 0.159 e. The molecule has 2 saturated heterocycles. The standard InChI is InChI=1S/C12H16N2O.C8H7FO.C5H11N/c1-10(15)11-2-4-12(5-3-11)14-8-6-13-7-9-14;1-6(10)7-2-4-8(9)5-3-7;1-2-4-6-5-3-1/h2-5,13H,6-9H2,1H3;2-5H,1H3;6H,1-5H2. The first-order chi connectivity index (χ1) is 15.0. The molecule has 0 amide bonds. The van der Waals surface area contributed by atoms with Gasteiger partial charge in [0.25, 0.3) is 0 Å². The van der Waals surface area contributed by atoms with Crippen LogP contribution in [0.2, 0.25) is 0 Å². The summed E-state index contributed by atoms with van der Waals surface area (Å²) in [7, 11) is 0. The van der Waals surface area contributed by atoms with E-state index in [1.54, 1.807) is 6.92 Å². The number of piperidine rings is 1. The van der Waals surface area contributed by atoms with Crippen molar-refractivity contribution in [2.75, 3.05) is 44.2 Å². The largest absolute Gasteiger partial charge is 0.369 e. The van der Waals surface area contributed by atoms with Crippen LogP contribution in [0.1, 0.15) is 53.8 Å². The smallest absolute Gasteiger partial charge is 0.159 e. The third kappa shape index (κ3) is 9.40. The fraction of sp³-hybridized carbons (Fsp3) is 0.440. The summed E-state index contributed by atoms with van der Waals surface area (Å²) in [6, 6.07) is 13.4. The second kappa shape index (κ2) is 13.7. The van der Waals surface area contributed by atoms with Crippen molar-refractivity contribution in [3.63, 3.8) is 0 Å². The van der Waals surface area contributed by atoms with E-state index in [4.69, 9.17) is 0 Å². The summed E-state index contributed by atoms with van der Waals surface area (Å²) in [4.78, 5) is 24.1. The van der Waals surface area contributed by atoms with Crippen LogP contribution in [0.3, 0.4) is 0 Å². The Morgan fingerprint density at radius 1 is 0.710 bits per heavy atom. The number of anilines is 1.